The number of aromatic nitrogens is 1. The molecule has 32 heavy (non-hydrogen) atoms. The highest BCUT2D eigenvalue weighted by Crippen LogP contribution is 2.47. The Bertz CT molecular complexity index is 1560. The van der Waals surface area contributed by atoms with Crippen LogP contribution in [0.4, 0.5) is 5.69 Å². The molecule has 2 bridgehead atoms. The summed E-state index contributed by atoms with van der Waals surface area (Å²) in [5.74, 6) is -0.495. The van der Waals surface area contributed by atoms with Crippen molar-refractivity contribution in [3.63, 3.8) is 0 Å². The van der Waals surface area contributed by atoms with Gasteiger partial charge < -0.3 is 10.1 Å². The third-order valence-corrected chi connectivity index (χ3v) is 7.79. The summed E-state index contributed by atoms with van der Waals surface area (Å²) in [6, 6.07) is 12.3. The molecule has 4 heterocycles. The number of Topliss-reactive ketones (excluding diaryl/α,β-unsaturated/α-hetero) is 1. The molecule has 6 rings (SSSR count). The number of benzene rings is 2. The van der Waals surface area contributed by atoms with Gasteiger partial charge in [0.15, 0.2) is 4.80 Å². The van der Waals surface area contributed by atoms with E-state index in [-0.39, 0.29) is 17.2 Å². The number of nitrogens with zero attached hydrogens (tertiary/aromatic N) is 2. The maximum absolute atomic E-state index is 13.8. The van der Waals surface area contributed by atoms with Gasteiger partial charge >= 0.3 is 0 Å². The SMILES string of the molecule is CC(=O)[C@@H]1[C@H]2c3ccccc3O[C@@]1(C)N=c1s/c(=C3\C(=O)Nc4ccc(Br)cc43)c(=O)n12. The molecule has 0 saturated carbocycles. The lowest BCUT2D eigenvalue weighted by atomic mass is 9.79. The van der Waals surface area contributed by atoms with Crippen molar-refractivity contribution in [3.8, 4) is 5.75 Å². The molecule has 1 N–H and O–H groups in total. The molecule has 3 aliphatic heterocycles. The zero-order valence-electron chi connectivity index (χ0n) is 17.0. The number of anilines is 1. The number of ether oxygens (including phenoxy) is 1. The number of carbonyl (C=O) groups excluding carboxylic acids is 2. The molecule has 0 radical (unpaired) electrons. The van der Waals surface area contributed by atoms with Gasteiger partial charge in [-0.05, 0) is 38.1 Å². The first-order valence-corrected chi connectivity index (χ1v) is 11.6. The topological polar surface area (TPSA) is 89.8 Å². The molecule has 7 nitrogen and oxygen atoms in total. The zero-order chi connectivity index (χ0) is 22.4. The number of hydrogen-bond donors (Lipinski definition) is 1. The lowest BCUT2D eigenvalue weighted by molar-refractivity contribution is -0.132. The van der Waals surface area contributed by atoms with Crippen LogP contribution >= 0.6 is 27.3 Å². The van der Waals surface area contributed by atoms with Crippen LogP contribution in [0.1, 0.15) is 31.0 Å². The van der Waals surface area contributed by atoms with Crippen LogP contribution in [-0.4, -0.2) is 22.0 Å². The van der Waals surface area contributed by atoms with E-state index in [0.29, 0.717) is 31.9 Å². The second-order valence-electron chi connectivity index (χ2n) is 8.25. The van der Waals surface area contributed by atoms with Gasteiger partial charge in [-0.3, -0.25) is 19.0 Å². The normalized spacial score (nSPS) is 26.3. The van der Waals surface area contributed by atoms with Gasteiger partial charge in [0, 0.05) is 21.3 Å². The first-order chi connectivity index (χ1) is 15.3. The van der Waals surface area contributed by atoms with Gasteiger partial charge in [-0.1, -0.05) is 45.5 Å². The minimum Gasteiger partial charge on any atom is -0.465 e. The van der Waals surface area contributed by atoms with E-state index in [1.807, 2.05) is 36.4 Å². The first kappa shape index (κ1) is 19.6. The van der Waals surface area contributed by atoms with E-state index in [4.69, 9.17) is 9.73 Å². The molecule has 9 heteroatoms. The van der Waals surface area contributed by atoms with E-state index in [2.05, 4.69) is 21.2 Å². The van der Waals surface area contributed by atoms with Gasteiger partial charge in [0.25, 0.3) is 11.5 Å². The summed E-state index contributed by atoms with van der Waals surface area (Å²) >= 11 is 4.60. The Kier molecular flexibility index (Phi) is 3.98. The van der Waals surface area contributed by atoms with Gasteiger partial charge in [-0.2, -0.15) is 0 Å². The lowest BCUT2D eigenvalue weighted by Crippen LogP contribution is -2.58. The monoisotopic (exact) mass is 509 g/mol. The lowest BCUT2D eigenvalue weighted by Gasteiger charge is -2.45. The zero-order valence-corrected chi connectivity index (χ0v) is 19.4. The highest BCUT2D eigenvalue weighted by Gasteiger charge is 2.53. The summed E-state index contributed by atoms with van der Waals surface area (Å²) in [7, 11) is 0. The number of rotatable bonds is 1. The predicted octanol–water partition coefficient (Wildman–Crippen LogP) is 2.36. The van der Waals surface area contributed by atoms with Crippen LogP contribution in [0.5, 0.6) is 5.75 Å². The maximum atomic E-state index is 13.8. The van der Waals surface area contributed by atoms with Crippen molar-refractivity contribution in [1.82, 2.24) is 4.57 Å². The van der Waals surface area contributed by atoms with Crippen molar-refractivity contribution < 1.29 is 14.3 Å². The Hall–Kier alpha value is -3.04. The Labute approximate surface area is 194 Å². The summed E-state index contributed by atoms with van der Waals surface area (Å²) in [4.78, 5) is 44.5. The molecule has 0 spiro atoms. The van der Waals surface area contributed by atoms with Crippen molar-refractivity contribution in [1.29, 1.82) is 0 Å². The average Bonchev–Trinajstić information content (AvgIpc) is 3.21. The molecule has 0 saturated heterocycles. The van der Waals surface area contributed by atoms with E-state index in [1.165, 1.54) is 6.92 Å². The molecule has 0 fully saturated rings. The second kappa shape index (κ2) is 6.49. The van der Waals surface area contributed by atoms with Crippen molar-refractivity contribution in [2.45, 2.75) is 25.6 Å². The predicted molar refractivity (Wildman–Crippen MR) is 122 cm³/mol. The largest absolute Gasteiger partial charge is 0.465 e. The molecule has 1 aromatic heterocycles. The Morgan fingerprint density at radius 2 is 2.03 bits per heavy atom. The molecular formula is C23H16BrN3O4S. The van der Waals surface area contributed by atoms with Crippen LogP contribution < -0.4 is 24.9 Å². The smallest absolute Gasteiger partial charge is 0.271 e. The van der Waals surface area contributed by atoms with Gasteiger partial charge in [-0.25, -0.2) is 4.99 Å². The Morgan fingerprint density at radius 3 is 2.81 bits per heavy atom. The number of thiazole rings is 1. The fourth-order valence-corrected chi connectivity index (χ4v) is 6.53. The highest BCUT2D eigenvalue weighted by atomic mass is 79.9. The Morgan fingerprint density at radius 1 is 1.25 bits per heavy atom. The van der Waals surface area contributed by atoms with Crippen molar-refractivity contribution in [2.24, 2.45) is 10.9 Å². The summed E-state index contributed by atoms with van der Waals surface area (Å²) < 4.78 is 8.87. The molecule has 160 valence electrons. The van der Waals surface area contributed by atoms with Gasteiger partial charge in [0.05, 0.1) is 11.6 Å². The standard InChI is InChI=1S/C23H16BrN3O4S/c1-10(28)17-18-12-5-3-4-6-15(12)31-23(17,2)26-22-27(18)21(30)19(32-22)16-13-9-11(24)7-8-14(13)25-20(16)29/h3-9,17-18H,1-2H3,(H,25,29)/b19-16-/t17-,18-,23-/m1/s1. The number of hydrogen-bond acceptors (Lipinski definition) is 6. The number of nitrogens with one attached hydrogen (secondary N) is 1. The van der Waals surface area contributed by atoms with E-state index in [9.17, 15) is 14.4 Å². The highest BCUT2D eigenvalue weighted by molar-refractivity contribution is 9.10. The molecular weight excluding hydrogens is 494 g/mol. The van der Waals surface area contributed by atoms with Gasteiger partial charge in [0.2, 0.25) is 5.72 Å². The van der Waals surface area contributed by atoms with Crippen molar-refractivity contribution in [2.75, 3.05) is 5.32 Å². The molecule has 3 aromatic rings. The quantitative estimate of drug-likeness (QED) is 0.545. The fourth-order valence-electron chi connectivity index (χ4n) is 4.97. The van der Waals surface area contributed by atoms with Crippen LogP contribution in [-0.2, 0) is 9.59 Å². The van der Waals surface area contributed by atoms with Crippen molar-refractivity contribution >= 4 is 50.2 Å². The summed E-state index contributed by atoms with van der Waals surface area (Å²) in [5.41, 5.74) is 0.930. The van der Waals surface area contributed by atoms with Crippen LogP contribution in [0.2, 0.25) is 0 Å². The minimum absolute atomic E-state index is 0.110. The Balaban J connectivity index is 1.72. The van der Waals surface area contributed by atoms with Crippen LogP contribution in [0.3, 0.4) is 0 Å². The molecule has 3 atom stereocenters. The van der Waals surface area contributed by atoms with E-state index in [1.54, 1.807) is 17.6 Å². The molecule has 3 aliphatic rings. The van der Waals surface area contributed by atoms with Gasteiger partial charge in [0.1, 0.15) is 22.0 Å². The average molecular weight is 510 g/mol. The third-order valence-electron chi connectivity index (χ3n) is 6.25. The number of ketones is 1. The van der Waals surface area contributed by atoms with Crippen LogP contribution in [0.15, 0.2) is 56.7 Å². The fraction of sp³-hybridized carbons (Fsp3) is 0.217. The minimum atomic E-state index is -1.14. The first-order valence-electron chi connectivity index (χ1n) is 10.0. The van der Waals surface area contributed by atoms with E-state index < -0.39 is 17.7 Å². The summed E-state index contributed by atoms with van der Waals surface area (Å²) in [6.07, 6.45) is 0. The van der Waals surface area contributed by atoms with Crippen molar-refractivity contribution in [3.05, 3.63) is 77.8 Å². The maximum Gasteiger partial charge on any atom is 0.271 e. The molecule has 1 amide bonds. The third kappa shape index (κ3) is 2.52. The van der Waals surface area contributed by atoms with Crippen LogP contribution in [0.25, 0.3) is 5.57 Å². The summed E-state index contributed by atoms with van der Waals surface area (Å²) in [6.45, 7) is 3.27. The second-order valence-corrected chi connectivity index (χ2v) is 10.1. The van der Waals surface area contributed by atoms with E-state index >= 15 is 0 Å². The van der Waals surface area contributed by atoms with Crippen LogP contribution in [0, 0.1) is 5.92 Å². The molecule has 0 aliphatic carbocycles. The van der Waals surface area contributed by atoms with E-state index in [0.717, 1.165) is 21.4 Å². The van der Waals surface area contributed by atoms with Gasteiger partial charge in [-0.15, -0.1) is 0 Å². The molecule has 0 unspecified atom stereocenters. The number of amides is 1. The number of halogens is 1. The summed E-state index contributed by atoms with van der Waals surface area (Å²) in [5, 5.41) is 2.83. The molecule has 2 aromatic carbocycles. The number of para-hydroxylation sites is 1. The number of fused-ring (bicyclic) bond motifs is 7. The number of carbonyl (C=O) groups is 2.